The van der Waals surface area contributed by atoms with E-state index in [-0.39, 0.29) is 6.09 Å². The fourth-order valence-electron chi connectivity index (χ4n) is 3.37. The van der Waals surface area contributed by atoms with E-state index in [0.717, 1.165) is 45.1 Å². The zero-order valence-corrected chi connectivity index (χ0v) is 12.3. The molecule has 4 heteroatoms. The first-order valence-corrected chi connectivity index (χ1v) is 7.25. The summed E-state index contributed by atoms with van der Waals surface area (Å²) in [6, 6.07) is 0. The van der Waals surface area contributed by atoms with Crippen LogP contribution in [0.2, 0.25) is 0 Å². The fraction of sp³-hybridized carbons (Fsp3) is 0.867. The maximum absolute atomic E-state index is 12.0. The maximum Gasteiger partial charge on any atom is 0.410 e. The van der Waals surface area contributed by atoms with Crippen LogP contribution in [0.25, 0.3) is 0 Å². The highest BCUT2D eigenvalue weighted by molar-refractivity contribution is 5.68. The average molecular weight is 267 g/mol. The largest absolute Gasteiger partial charge is 0.444 e. The van der Waals surface area contributed by atoms with E-state index in [1.807, 2.05) is 25.7 Å². The van der Waals surface area contributed by atoms with Gasteiger partial charge < -0.3 is 14.4 Å². The van der Waals surface area contributed by atoms with Crippen molar-refractivity contribution in [3.05, 3.63) is 0 Å². The van der Waals surface area contributed by atoms with Crippen LogP contribution >= 0.6 is 0 Å². The molecule has 0 atom stereocenters. The predicted octanol–water partition coefficient (Wildman–Crippen LogP) is 3.00. The molecular formula is C15H25NO3. The molecule has 19 heavy (non-hydrogen) atoms. The quantitative estimate of drug-likeness (QED) is 0.723. The molecule has 0 unspecified atom stereocenters. The van der Waals surface area contributed by atoms with Crippen molar-refractivity contribution in [2.75, 3.05) is 13.1 Å². The lowest BCUT2D eigenvalue weighted by Gasteiger charge is -2.52. The van der Waals surface area contributed by atoms with E-state index < -0.39 is 5.60 Å². The molecule has 0 radical (unpaired) electrons. The number of hydrogen-bond acceptors (Lipinski definition) is 3. The molecule has 1 saturated heterocycles. The normalized spacial score (nSPS) is 23.0. The molecular weight excluding hydrogens is 242 g/mol. The second-order valence-corrected chi connectivity index (χ2v) is 7.14. The summed E-state index contributed by atoms with van der Waals surface area (Å²) in [4.78, 5) is 24.3. The third-order valence-corrected chi connectivity index (χ3v) is 4.35. The molecule has 4 nitrogen and oxygen atoms in total. The zero-order chi connectivity index (χ0) is 14.1. The highest BCUT2D eigenvalue weighted by Crippen LogP contribution is 2.53. The number of nitrogens with zero attached hydrogens (tertiary/aromatic N) is 1. The van der Waals surface area contributed by atoms with Crippen LogP contribution in [0.1, 0.15) is 52.9 Å². The molecule has 108 valence electrons. The molecule has 2 rings (SSSR count). The van der Waals surface area contributed by atoms with E-state index in [2.05, 4.69) is 0 Å². The summed E-state index contributed by atoms with van der Waals surface area (Å²) in [6.07, 6.45) is 5.99. The minimum absolute atomic E-state index is 0.189. The molecule has 1 saturated carbocycles. The molecule has 1 spiro atoms. The van der Waals surface area contributed by atoms with Crippen LogP contribution in [0.5, 0.6) is 0 Å². The van der Waals surface area contributed by atoms with Crippen molar-refractivity contribution in [3.63, 3.8) is 0 Å². The SMILES string of the molecule is CC(C)(C)OC(=O)N1CCC2(CC1)CC(CC=O)C2. The van der Waals surface area contributed by atoms with Gasteiger partial charge in [-0.25, -0.2) is 4.79 Å². The second-order valence-electron chi connectivity index (χ2n) is 7.14. The minimum Gasteiger partial charge on any atom is -0.444 e. The van der Waals surface area contributed by atoms with E-state index in [9.17, 15) is 9.59 Å². The number of amides is 1. The van der Waals surface area contributed by atoms with Crippen molar-refractivity contribution in [2.24, 2.45) is 11.3 Å². The smallest absolute Gasteiger partial charge is 0.410 e. The van der Waals surface area contributed by atoms with Crippen LogP contribution in [0, 0.1) is 11.3 Å². The molecule has 1 aliphatic carbocycles. The summed E-state index contributed by atoms with van der Waals surface area (Å²) >= 11 is 0. The number of carbonyl (C=O) groups excluding carboxylic acids is 2. The van der Waals surface area contributed by atoms with Crippen molar-refractivity contribution >= 4 is 12.4 Å². The van der Waals surface area contributed by atoms with E-state index in [0.29, 0.717) is 17.8 Å². The van der Waals surface area contributed by atoms with Crippen molar-refractivity contribution in [3.8, 4) is 0 Å². The Morgan fingerprint density at radius 1 is 1.32 bits per heavy atom. The minimum atomic E-state index is -0.419. The number of rotatable bonds is 2. The van der Waals surface area contributed by atoms with Crippen LogP contribution < -0.4 is 0 Å². The molecule has 0 aromatic rings. The Kier molecular flexibility index (Phi) is 3.88. The maximum atomic E-state index is 12.0. The second kappa shape index (κ2) is 5.14. The molecule has 0 aromatic carbocycles. The molecule has 2 aliphatic rings. The molecule has 0 N–H and O–H groups in total. The Morgan fingerprint density at radius 3 is 2.37 bits per heavy atom. The van der Waals surface area contributed by atoms with E-state index in [1.54, 1.807) is 0 Å². The Balaban J connectivity index is 1.77. The number of carbonyl (C=O) groups is 2. The predicted molar refractivity (Wildman–Crippen MR) is 72.9 cm³/mol. The summed E-state index contributed by atoms with van der Waals surface area (Å²) < 4.78 is 5.40. The first-order chi connectivity index (χ1) is 8.84. The number of aldehydes is 1. The summed E-state index contributed by atoms with van der Waals surface area (Å²) in [5, 5.41) is 0. The lowest BCUT2D eigenvalue weighted by Crippen LogP contribution is -2.49. The molecule has 0 bridgehead atoms. The zero-order valence-electron chi connectivity index (χ0n) is 12.3. The fourth-order valence-corrected chi connectivity index (χ4v) is 3.37. The molecule has 1 heterocycles. The average Bonchev–Trinajstić information content (AvgIpc) is 2.26. The first-order valence-electron chi connectivity index (χ1n) is 7.25. The highest BCUT2D eigenvalue weighted by atomic mass is 16.6. The molecule has 2 fully saturated rings. The van der Waals surface area contributed by atoms with Gasteiger partial charge in [-0.2, -0.15) is 0 Å². The van der Waals surface area contributed by atoms with Gasteiger partial charge in [0.1, 0.15) is 11.9 Å². The van der Waals surface area contributed by atoms with Gasteiger partial charge in [0.15, 0.2) is 0 Å². The summed E-state index contributed by atoms with van der Waals surface area (Å²) in [5.74, 6) is 0.588. The van der Waals surface area contributed by atoms with Crippen LogP contribution in [-0.4, -0.2) is 36.0 Å². The molecule has 0 aromatic heterocycles. The van der Waals surface area contributed by atoms with Gasteiger partial charge in [-0.05, 0) is 57.8 Å². The van der Waals surface area contributed by atoms with Crippen LogP contribution in [0.4, 0.5) is 4.79 Å². The molecule has 1 aliphatic heterocycles. The van der Waals surface area contributed by atoms with Gasteiger partial charge >= 0.3 is 6.09 Å². The number of hydrogen-bond donors (Lipinski definition) is 0. The van der Waals surface area contributed by atoms with Gasteiger partial charge in [-0.1, -0.05) is 0 Å². The lowest BCUT2D eigenvalue weighted by molar-refractivity contribution is -0.111. The van der Waals surface area contributed by atoms with Gasteiger partial charge in [0.05, 0.1) is 0 Å². The van der Waals surface area contributed by atoms with E-state index in [1.165, 1.54) is 0 Å². The number of likely N-dealkylation sites (tertiary alicyclic amines) is 1. The van der Waals surface area contributed by atoms with Gasteiger partial charge in [0, 0.05) is 19.5 Å². The monoisotopic (exact) mass is 267 g/mol. The standard InChI is InChI=1S/C15H25NO3/c1-14(2,3)19-13(18)16-7-5-15(6-8-16)10-12(11-15)4-9-17/h9,12H,4-8,10-11H2,1-3H3. The van der Waals surface area contributed by atoms with Gasteiger partial charge in [-0.3, -0.25) is 0 Å². The Morgan fingerprint density at radius 2 is 1.89 bits per heavy atom. The summed E-state index contributed by atoms with van der Waals surface area (Å²) in [6.45, 7) is 7.27. The first kappa shape index (κ1) is 14.4. The van der Waals surface area contributed by atoms with Gasteiger partial charge in [-0.15, -0.1) is 0 Å². The Hall–Kier alpha value is -1.06. The third kappa shape index (κ3) is 3.48. The lowest BCUT2D eigenvalue weighted by atomic mass is 9.57. The van der Waals surface area contributed by atoms with Crippen LogP contribution in [-0.2, 0) is 9.53 Å². The van der Waals surface area contributed by atoms with Gasteiger partial charge in [0.25, 0.3) is 0 Å². The van der Waals surface area contributed by atoms with E-state index >= 15 is 0 Å². The van der Waals surface area contributed by atoms with Gasteiger partial charge in [0.2, 0.25) is 0 Å². The highest BCUT2D eigenvalue weighted by Gasteiger charge is 2.46. The van der Waals surface area contributed by atoms with Crippen molar-refractivity contribution in [1.29, 1.82) is 0 Å². The summed E-state index contributed by atoms with van der Waals surface area (Å²) in [7, 11) is 0. The van der Waals surface area contributed by atoms with Crippen molar-refractivity contribution < 1.29 is 14.3 Å². The number of ether oxygens (including phenoxy) is 1. The van der Waals surface area contributed by atoms with Crippen LogP contribution in [0.3, 0.4) is 0 Å². The Labute approximate surface area is 115 Å². The van der Waals surface area contributed by atoms with Crippen molar-refractivity contribution in [2.45, 2.75) is 58.5 Å². The van der Waals surface area contributed by atoms with Crippen LogP contribution in [0.15, 0.2) is 0 Å². The topological polar surface area (TPSA) is 46.6 Å². The van der Waals surface area contributed by atoms with E-state index in [4.69, 9.17) is 4.74 Å². The Bertz CT molecular complexity index is 343. The molecule has 1 amide bonds. The van der Waals surface area contributed by atoms with Crippen molar-refractivity contribution in [1.82, 2.24) is 4.90 Å². The number of piperidine rings is 1. The third-order valence-electron chi connectivity index (χ3n) is 4.35. The summed E-state index contributed by atoms with van der Waals surface area (Å²) in [5.41, 5.74) is -0.00999.